The summed E-state index contributed by atoms with van der Waals surface area (Å²) in [7, 11) is -3.50. The van der Waals surface area contributed by atoms with E-state index >= 15 is 0 Å². The van der Waals surface area contributed by atoms with Crippen LogP contribution in [0.25, 0.3) is 0 Å². The van der Waals surface area contributed by atoms with Gasteiger partial charge in [-0.15, -0.1) is 11.8 Å². The highest BCUT2D eigenvalue weighted by Crippen LogP contribution is 2.25. The van der Waals surface area contributed by atoms with E-state index in [1.807, 2.05) is 24.5 Å². The van der Waals surface area contributed by atoms with Gasteiger partial charge in [0.15, 0.2) is 0 Å². The number of rotatable bonds is 5. The second-order valence-corrected chi connectivity index (χ2v) is 8.71. The van der Waals surface area contributed by atoms with Crippen molar-refractivity contribution < 1.29 is 8.42 Å². The molecule has 3 rings (SSSR count). The molecule has 0 unspecified atom stereocenters. The Morgan fingerprint density at radius 3 is 2.19 bits per heavy atom. The number of nitrogens with zero attached hydrogens (tertiary/aromatic N) is 2. The minimum absolute atomic E-state index is 0.265. The molecule has 0 aromatic heterocycles. The zero-order valence-corrected chi connectivity index (χ0v) is 16.3. The third-order valence-electron chi connectivity index (χ3n) is 4.39. The molecule has 5 nitrogen and oxygen atoms in total. The van der Waals surface area contributed by atoms with Gasteiger partial charge in [-0.3, -0.25) is 0 Å². The van der Waals surface area contributed by atoms with Gasteiger partial charge in [0.2, 0.25) is 9.84 Å². The molecular formula is C19H23N3O2S2. The fraction of sp³-hybridized carbons (Fsp3) is 0.263. The van der Waals surface area contributed by atoms with Crippen molar-refractivity contribution in [3.8, 4) is 0 Å². The summed E-state index contributed by atoms with van der Waals surface area (Å²) in [5.41, 5.74) is 7.40. The molecule has 26 heavy (non-hydrogen) atoms. The molecule has 0 aliphatic carbocycles. The van der Waals surface area contributed by atoms with Crippen molar-refractivity contribution in [2.24, 2.45) is 0 Å². The van der Waals surface area contributed by atoms with Crippen LogP contribution in [-0.2, 0) is 9.84 Å². The lowest BCUT2D eigenvalue weighted by molar-refractivity contribution is 0.342. The molecule has 1 aliphatic heterocycles. The number of anilines is 2. The number of hydrogen-bond donors (Lipinski definition) is 1. The monoisotopic (exact) mass is 389 g/mol. The highest BCUT2D eigenvalue weighted by atomic mass is 32.2. The Morgan fingerprint density at radius 1 is 1.00 bits per heavy atom. The van der Waals surface area contributed by atoms with Gasteiger partial charge < -0.3 is 15.5 Å². The summed E-state index contributed by atoms with van der Waals surface area (Å²) in [4.78, 5) is 4.73. The first-order valence-electron chi connectivity index (χ1n) is 8.41. The molecule has 138 valence electrons. The van der Waals surface area contributed by atoms with Gasteiger partial charge in [-0.1, -0.05) is 18.2 Å². The molecule has 2 N–H and O–H groups in total. The van der Waals surface area contributed by atoms with Gasteiger partial charge in [-0.2, -0.15) is 0 Å². The molecule has 1 aliphatic rings. The van der Waals surface area contributed by atoms with E-state index in [1.165, 1.54) is 22.9 Å². The molecule has 0 bridgehead atoms. The summed E-state index contributed by atoms with van der Waals surface area (Å²) in [5, 5.41) is 2.15. The van der Waals surface area contributed by atoms with Crippen molar-refractivity contribution in [1.29, 1.82) is 0 Å². The second-order valence-electron chi connectivity index (χ2n) is 6.08. The highest BCUT2D eigenvalue weighted by molar-refractivity contribution is 8.03. The summed E-state index contributed by atoms with van der Waals surface area (Å²) >= 11 is 1.46. The molecule has 0 spiro atoms. The Kier molecular flexibility index (Phi) is 5.78. The number of piperazine rings is 1. The minimum Gasteiger partial charge on any atom is -0.399 e. The maximum atomic E-state index is 12.7. The predicted octanol–water partition coefficient (Wildman–Crippen LogP) is 3.03. The average molecular weight is 390 g/mol. The third-order valence-corrected chi connectivity index (χ3v) is 6.79. The predicted molar refractivity (Wildman–Crippen MR) is 110 cm³/mol. The van der Waals surface area contributed by atoms with Gasteiger partial charge in [0.25, 0.3) is 0 Å². The van der Waals surface area contributed by atoms with Crippen molar-refractivity contribution >= 4 is 33.0 Å². The third kappa shape index (κ3) is 4.34. The number of thioether (sulfide) groups is 1. The zero-order valence-electron chi connectivity index (χ0n) is 14.7. The number of nitrogens with two attached hydrogens (primary N) is 1. The van der Waals surface area contributed by atoms with E-state index in [0.29, 0.717) is 5.69 Å². The van der Waals surface area contributed by atoms with E-state index in [-0.39, 0.29) is 4.90 Å². The van der Waals surface area contributed by atoms with Crippen molar-refractivity contribution in [3.63, 3.8) is 0 Å². The Morgan fingerprint density at radius 2 is 1.62 bits per heavy atom. The topological polar surface area (TPSA) is 66.6 Å². The van der Waals surface area contributed by atoms with Gasteiger partial charge in [-0.05, 0) is 42.7 Å². The van der Waals surface area contributed by atoms with Gasteiger partial charge in [-0.25, -0.2) is 8.42 Å². The van der Waals surface area contributed by atoms with Crippen LogP contribution in [-0.4, -0.2) is 45.8 Å². The first-order valence-corrected chi connectivity index (χ1v) is 11.2. The molecule has 7 heteroatoms. The van der Waals surface area contributed by atoms with E-state index in [2.05, 4.69) is 21.9 Å². The van der Waals surface area contributed by atoms with Crippen LogP contribution in [0.4, 0.5) is 11.4 Å². The molecule has 2 aromatic carbocycles. The fourth-order valence-electron chi connectivity index (χ4n) is 2.93. The smallest absolute Gasteiger partial charge is 0.202 e. The maximum Gasteiger partial charge on any atom is 0.202 e. The van der Waals surface area contributed by atoms with Crippen molar-refractivity contribution in [2.75, 3.05) is 43.1 Å². The molecule has 0 amide bonds. The van der Waals surface area contributed by atoms with Gasteiger partial charge in [0.1, 0.15) is 0 Å². The van der Waals surface area contributed by atoms with Crippen LogP contribution in [0.1, 0.15) is 0 Å². The van der Waals surface area contributed by atoms with Crippen LogP contribution in [0, 0.1) is 0 Å². The largest absolute Gasteiger partial charge is 0.399 e. The Bertz CT molecular complexity index is 857. The van der Waals surface area contributed by atoms with Crippen LogP contribution >= 0.6 is 11.8 Å². The lowest BCUT2D eigenvalue weighted by atomic mass is 10.2. The van der Waals surface area contributed by atoms with E-state index in [0.717, 1.165) is 31.2 Å². The first-order chi connectivity index (χ1) is 12.5. The Balaban J connectivity index is 1.73. The first kappa shape index (κ1) is 18.7. The van der Waals surface area contributed by atoms with Crippen LogP contribution in [0.3, 0.4) is 0 Å². The van der Waals surface area contributed by atoms with Crippen molar-refractivity contribution in [2.45, 2.75) is 4.90 Å². The van der Waals surface area contributed by atoms with Gasteiger partial charge in [0, 0.05) is 37.6 Å². The normalized spacial score (nSPS) is 16.0. The zero-order chi connectivity index (χ0) is 18.6. The number of para-hydroxylation sites is 1. The summed E-state index contributed by atoms with van der Waals surface area (Å²) < 4.78 is 25.3. The molecule has 2 aromatic rings. The van der Waals surface area contributed by atoms with Gasteiger partial charge in [0.05, 0.1) is 15.3 Å². The summed E-state index contributed by atoms with van der Waals surface area (Å²) in [6.07, 6.45) is 1.91. The fourth-order valence-corrected chi connectivity index (χ4v) is 5.21. The summed E-state index contributed by atoms with van der Waals surface area (Å²) in [6, 6.07) is 16.6. The van der Waals surface area contributed by atoms with Crippen LogP contribution in [0.2, 0.25) is 0 Å². The van der Waals surface area contributed by atoms with E-state index in [1.54, 1.807) is 24.3 Å². The van der Waals surface area contributed by atoms with E-state index in [9.17, 15) is 8.42 Å². The molecule has 1 fully saturated rings. The van der Waals surface area contributed by atoms with Crippen LogP contribution in [0.15, 0.2) is 69.9 Å². The Hall–Kier alpha value is -2.12. The maximum absolute atomic E-state index is 12.7. The standard InChI is InChI=1S/C19H23N3O2S2/c1-25-19(15-26(23,24)18-9-7-16(20)8-10-18)22-13-11-21(12-14-22)17-5-3-2-4-6-17/h2-10,15H,11-14,20H2,1H3/b19-15+. The summed E-state index contributed by atoms with van der Waals surface area (Å²) in [5.74, 6) is 0. The molecule has 1 heterocycles. The number of hydrogen-bond acceptors (Lipinski definition) is 6. The summed E-state index contributed by atoms with van der Waals surface area (Å²) in [6.45, 7) is 3.31. The lowest BCUT2D eigenvalue weighted by Crippen LogP contribution is -2.45. The van der Waals surface area contributed by atoms with E-state index in [4.69, 9.17) is 5.73 Å². The minimum atomic E-state index is -3.50. The van der Waals surface area contributed by atoms with Crippen molar-refractivity contribution in [1.82, 2.24) is 4.90 Å². The SMILES string of the molecule is CS/C(=C/S(=O)(=O)c1ccc(N)cc1)N1CCN(c2ccccc2)CC1. The second kappa shape index (κ2) is 8.05. The molecule has 1 saturated heterocycles. The highest BCUT2D eigenvalue weighted by Gasteiger charge is 2.21. The molecular weight excluding hydrogens is 366 g/mol. The Labute approximate surface area is 159 Å². The molecule has 0 saturated carbocycles. The number of sulfone groups is 1. The average Bonchev–Trinajstić information content (AvgIpc) is 2.67. The molecule has 0 atom stereocenters. The van der Waals surface area contributed by atoms with Crippen molar-refractivity contribution in [3.05, 3.63) is 65.0 Å². The van der Waals surface area contributed by atoms with E-state index < -0.39 is 9.84 Å². The van der Waals surface area contributed by atoms with Gasteiger partial charge >= 0.3 is 0 Å². The number of nitrogen functional groups attached to an aromatic ring is 1. The van der Waals surface area contributed by atoms with Crippen LogP contribution < -0.4 is 10.6 Å². The quantitative estimate of drug-likeness (QED) is 0.793. The lowest BCUT2D eigenvalue weighted by Gasteiger charge is -2.37. The van der Waals surface area contributed by atoms with Crippen LogP contribution in [0.5, 0.6) is 0 Å². The number of benzene rings is 2. The molecule has 0 radical (unpaired) electrons.